The van der Waals surface area contributed by atoms with Gasteiger partial charge in [-0.05, 0) is 54.3 Å². The largest absolute Gasteiger partial charge is 0.416 e. The summed E-state index contributed by atoms with van der Waals surface area (Å²) < 4.78 is 42.3. The summed E-state index contributed by atoms with van der Waals surface area (Å²) in [6.07, 6.45) is -3.07. The van der Waals surface area contributed by atoms with Gasteiger partial charge in [-0.15, -0.1) is 0 Å². The van der Waals surface area contributed by atoms with Gasteiger partial charge in [0.1, 0.15) is 23.7 Å². The Labute approximate surface area is 227 Å². The molecule has 204 valence electrons. The first kappa shape index (κ1) is 28.1. The highest BCUT2D eigenvalue weighted by Gasteiger charge is 2.34. The van der Waals surface area contributed by atoms with Crippen molar-refractivity contribution in [2.45, 2.75) is 19.6 Å². The van der Waals surface area contributed by atoms with E-state index < -0.39 is 11.7 Å². The van der Waals surface area contributed by atoms with Crippen molar-refractivity contribution in [3.8, 4) is 23.0 Å². The van der Waals surface area contributed by atoms with Gasteiger partial charge in [0, 0.05) is 52.4 Å². The Kier molecular flexibility index (Phi) is 8.53. The van der Waals surface area contributed by atoms with Crippen LogP contribution in [0.1, 0.15) is 27.8 Å². The molecule has 1 aliphatic rings. The molecule has 1 aromatic heterocycles. The maximum Gasteiger partial charge on any atom is 0.416 e. The Bertz CT molecular complexity index is 1390. The maximum atomic E-state index is 14.1. The predicted octanol–water partition coefficient (Wildman–Crippen LogP) is 4.72. The van der Waals surface area contributed by atoms with Crippen molar-refractivity contribution >= 4 is 17.3 Å². The Morgan fingerprint density at radius 2 is 1.59 bits per heavy atom. The zero-order valence-electron chi connectivity index (χ0n) is 22.5. The number of rotatable bonds is 6. The average molecular weight is 536 g/mol. The molecular weight excluding hydrogens is 503 g/mol. The predicted molar refractivity (Wildman–Crippen MR) is 149 cm³/mol. The van der Waals surface area contributed by atoms with E-state index in [0.717, 1.165) is 31.7 Å². The second-order valence-electron chi connectivity index (χ2n) is 9.55. The first-order valence-electron chi connectivity index (χ1n) is 12.6. The lowest BCUT2D eigenvalue weighted by Crippen LogP contribution is -2.44. The van der Waals surface area contributed by atoms with E-state index in [9.17, 15) is 13.2 Å². The smallest absolute Gasteiger partial charge is 0.372 e. The second kappa shape index (κ2) is 11.8. The molecule has 0 radical (unpaired) electrons. The quantitative estimate of drug-likeness (QED) is 0.313. The first-order valence-corrected chi connectivity index (χ1v) is 12.6. The van der Waals surface area contributed by atoms with Crippen LogP contribution in [0.15, 0.2) is 42.7 Å². The number of nitrogens with zero attached hydrogens (tertiary/aromatic N) is 4. The fourth-order valence-corrected chi connectivity index (χ4v) is 4.53. The van der Waals surface area contributed by atoms with E-state index in [1.165, 1.54) is 12.4 Å². The SMILES string of the molecule is CNc1ncnc(NC)c1C(=N)C#Cc1cc(-c2ccc(CN3CCN(C)CC3)c(C(F)(F)F)c2)ccc1C. The zero-order valence-corrected chi connectivity index (χ0v) is 22.5. The van der Waals surface area contributed by atoms with Crippen molar-refractivity contribution in [3.63, 3.8) is 0 Å². The van der Waals surface area contributed by atoms with E-state index in [1.807, 2.05) is 20.0 Å². The van der Waals surface area contributed by atoms with Crippen LogP contribution in [0.4, 0.5) is 24.8 Å². The Morgan fingerprint density at radius 3 is 2.21 bits per heavy atom. The van der Waals surface area contributed by atoms with E-state index in [2.05, 4.69) is 42.2 Å². The maximum absolute atomic E-state index is 14.1. The minimum absolute atomic E-state index is 0.0155. The summed E-state index contributed by atoms with van der Waals surface area (Å²) in [5.41, 5.74) is 2.70. The van der Waals surface area contributed by atoms with Gasteiger partial charge in [-0.1, -0.05) is 30.2 Å². The van der Waals surface area contributed by atoms with Crippen LogP contribution in [-0.2, 0) is 12.7 Å². The summed E-state index contributed by atoms with van der Waals surface area (Å²) in [6.45, 7) is 5.31. The molecule has 0 atom stereocenters. The topological polar surface area (TPSA) is 80.2 Å². The van der Waals surface area contributed by atoms with E-state index >= 15 is 0 Å². The number of hydrogen-bond acceptors (Lipinski definition) is 7. The van der Waals surface area contributed by atoms with Crippen LogP contribution in [0.25, 0.3) is 11.1 Å². The van der Waals surface area contributed by atoms with Crippen LogP contribution in [0.3, 0.4) is 0 Å². The number of hydrogen-bond donors (Lipinski definition) is 3. The van der Waals surface area contributed by atoms with Crippen LogP contribution >= 0.6 is 0 Å². The molecule has 1 saturated heterocycles. The van der Waals surface area contributed by atoms with Crippen molar-refractivity contribution in [3.05, 3.63) is 70.5 Å². The summed E-state index contributed by atoms with van der Waals surface area (Å²) in [6, 6.07) is 9.96. The number of likely N-dealkylation sites (N-methyl/N-ethyl adjacent to an activating group) is 1. The third-order valence-corrected chi connectivity index (χ3v) is 6.87. The lowest BCUT2D eigenvalue weighted by atomic mass is 9.95. The molecule has 1 aliphatic heterocycles. The molecule has 1 fully saturated rings. The zero-order chi connectivity index (χ0) is 28.2. The summed E-state index contributed by atoms with van der Waals surface area (Å²) >= 11 is 0. The van der Waals surface area contributed by atoms with E-state index in [4.69, 9.17) is 5.41 Å². The second-order valence-corrected chi connectivity index (χ2v) is 9.55. The number of aromatic nitrogens is 2. The molecule has 4 rings (SSSR count). The van der Waals surface area contributed by atoms with Crippen LogP contribution in [0, 0.1) is 24.2 Å². The molecule has 2 aromatic carbocycles. The van der Waals surface area contributed by atoms with Crippen molar-refractivity contribution in [2.75, 3.05) is 58.0 Å². The number of halogens is 3. The van der Waals surface area contributed by atoms with Gasteiger partial charge in [-0.25, -0.2) is 9.97 Å². The van der Waals surface area contributed by atoms with Gasteiger partial charge in [0.15, 0.2) is 0 Å². The van der Waals surface area contributed by atoms with Gasteiger partial charge >= 0.3 is 6.18 Å². The Morgan fingerprint density at radius 1 is 0.974 bits per heavy atom. The van der Waals surface area contributed by atoms with Gasteiger partial charge in [-0.2, -0.15) is 13.2 Å². The molecule has 7 nitrogen and oxygen atoms in total. The lowest BCUT2D eigenvalue weighted by molar-refractivity contribution is -0.138. The molecule has 3 N–H and O–H groups in total. The van der Waals surface area contributed by atoms with Crippen LogP contribution in [-0.4, -0.2) is 72.8 Å². The van der Waals surface area contributed by atoms with Gasteiger partial charge < -0.3 is 15.5 Å². The Balaban J connectivity index is 1.65. The third kappa shape index (κ3) is 6.56. The van der Waals surface area contributed by atoms with Gasteiger partial charge in [-0.3, -0.25) is 10.3 Å². The molecular formula is C29H32F3N7. The van der Waals surface area contributed by atoms with Crippen LogP contribution in [0.2, 0.25) is 0 Å². The lowest BCUT2D eigenvalue weighted by Gasteiger charge is -2.33. The molecule has 0 spiro atoms. The number of anilines is 2. The molecule has 0 unspecified atom stereocenters. The van der Waals surface area contributed by atoms with E-state index in [-0.39, 0.29) is 17.8 Å². The van der Waals surface area contributed by atoms with Crippen LogP contribution < -0.4 is 10.6 Å². The van der Waals surface area contributed by atoms with Gasteiger partial charge in [0.05, 0.1) is 11.1 Å². The molecule has 0 amide bonds. The normalized spacial score (nSPS) is 14.4. The highest BCUT2D eigenvalue weighted by Crippen LogP contribution is 2.36. The molecule has 0 bridgehead atoms. The first-order chi connectivity index (χ1) is 18.6. The summed E-state index contributed by atoms with van der Waals surface area (Å²) in [5.74, 6) is 6.82. The van der Waals surface area contributed by atoms with Gasteiger partial charge in [0.2, 0.25) is 0 Å². The number of nitrogens with one attached hydrogen (secondary N) is 3. The fraction of sp³-hybridized carbons (Fsp3) is 0.345. The molecule has 39 heavy (non-hydrogen) atoms. The summed E-state index contributed by atoms with van der Waals surface area (Å²) in [4.78, 5) is 12.6. The molecule has 10 heteroatoms. The monoisotopic (exact) mass is 535 g/mol. The molecule has 2 heterocycles. The minimum atomic E-state index is -4.46. The number of aryl methyl sites for hydroxylation is 1. The molecule has 0 saturated carbocycles. The Hall–Kier alpha value is -3.94. The van der Waals surface area contributed by atoms with E-state index in [0.29, 0.717) is 33.9 Å². The number of alkyl halides is 3. The number of piperazine rings is 1. The van der Waals surface area contributed by atoms with Crippen LogP contribution in [0.5, 0.6) is 0 Å². The fourth-order valence-electron chi connectivity index (χ4n) is 4.53. The molecule has 0 aliphatic carbocycles. The van der Waals surface area contributed by atoms with Crippen molar-refractivity contribution in [2.24, 2.45) is 0 Å². The molecule has 3 aromatic rings. The minimum Gasteiger partial charge on any atom is -0.372 e. The number of benzene rings is 2. The van der Waals surface area contributed by atoms with E-state index in [1.54, 1.807) is 38.4 Å². The summed E-state index contributed by atoms with van der Waals surface area (Å²) in [7, 11) is 5.42. The van der Waals surface area contributed by atoms with Crippen molar-refractivity contribution < 1.29 is 13.2 Å². The average Bonchev–Trinajstić information content (AvgIpc) is 2.92. The highest BCUT2D eigenvalue weighted by molar-refractivity contribution is 6.16. The van der Waals surface area contributed by atoms with Crippen molar-refractivity contribution in [1.82, 2.24) is 19.8 Å². The standard InChI is InChI=1S/C29H32F3N7/c1-19-5-6-21(15-20(19)9-10-25(33)26-27(34-2)36-18-37-28(26)35-3)22-7-8-23(24(16-22)29(30,31)32)17-39-13-11-38(4)12-14-39/h5-8,15-16,18,33H,11-14,17H2,1-4H3,(H2,34,35,36,37). The van der Waals surface area contributed by atoms with Crippen molar-refractivity contribution in [1.29, 1.82) is 5.41 Å². The third-order valence-electron chi connectivity index (χ3n) is 6.87. The highest BCUT2D eigenvalue weighted by atomic mass is 19.4. The summed E-state index contributed by atoms with van der Waals surface area (Å²) in [5, 5.41) is 14.4. The van der Waals surface area contributed by atoms with Gasteiger partial charge in [0.25, 0.3) is 0 Å².